The third kappa shape index (κ3) is 4.58. The molecule has 1 aliphatic heterocycles. The predicted octanol–water partition coefficient (Wildman–Crippen LogP) is 5.16. The largest absolute Gasteiger partial charge is 0.493 e. The highest BCUT2D eigenvalue weighted by atomic mass is 35.5. The number of nitrogens with one attached hydrogen (secondary N) is 1. The van der Waals surface area contributed by atoms with Crippen LogP contribution in [0.3, 0.4) is 0 Å². The Morgan fingerprint density at radius 1 is 1.03 bits per heavy atom. The Hall–Kier alpha value is -3.84. The van der Waals surface area contributed by atoms with Crippen molar-refractivity contribution in [2.24, 2.45) is 0 Å². The Labute approximate surface area is 188 Å². The quantitative estimate of drug-likeness (QED) is 0.414. The van der Waals surface area contributed by atoms with E-state index in [1.807, 2.05) is 0 Å². The van der Waals surface area contributed by atoms with Crippen molar-refractivity contribution in [2.45, 2.75) is 6.61 Å². The van der Waals surface area contributed by atoms with Crippen molar-refractivity contribution < 1.29 is 23.5 Å². The maximum absolute atomic E-state index is 13.3. The second kappa shape index (κ2) is 9.11. The minimum atomic E-state index is -0.550. The van der Waals surface area contributed by atoms with E-state index >= 15 is 0 Å². The van der Waals surface area contributed by atoms with Gasteiger partial charge in [0.1, 0.15) is 18.1 Å². The van der Waals surface area contributed by atoms with Gasteiger partial charge in [0.15, 0.2) is 11.5 Å². The van der Waals surface area contributed by atoms with Crippen LogP contribution in [0.15, 0.2) is 72.4 Å². The first-order chi connectivity index (χ1) is 15.4. The lowest BCUT2D eigenvalue weighted by atomic mass is 10.1. The molecule has 162 valence electrons. The molecule has 1 aliphatic rings. The van der Waals surface area contributed by atoms with E-state index in [-0.39, 0.29) is 18.1 Å². The molecule has 3 amide bonds. The molecule has 4 rings (SSSR count). The Morgan fingerprint density at radius 3 is 2.53 bits per heavy atom. The lowest BCUT2D eigenvalue weighted by Crippen LogP contribution is -2.30. The molecule has 0 radical (unpaired) electrons. The maximum atomic E-state index is 13.3. The normalized spacial score (nSPS) is 14.6. The number of benzene rings is 3. The number of methoxy groups -OCH3 is 1. The summed E-state index contributed by atoms with van der Waals surface area (Å²) in [7, 11) is 1.49. The van der Waals surface area contributed by atoms with Gasteiger partial charge in [-0.2, -0.15) is 0 Å². The van der Waals surface area contributed by atoms with Crippen LogP contribution in [0.25, 0.3) is 6.08 Å². The van der Waals surface area contributed by atoms with E-state index in [0.29, 0.717) is 33.3 Å². The fraction of sp³-hybridized carbons (Fsp3) is 0.0833. The molecule has 0 aliphatic carbocycles. The molecule has 0 aromatic heterocycles. The highest BCUT2D eigenvalue weighted by Gasteiger charge is 2.34. The molecular weight excluding hydrogens is 435 g/mol. The van der Waals surface area contributed by atoms with Crippen molar-refractivity contribution in [3.63, 3.8) is 0 Å². The molecule has 32 heavy (non-hydrogen) atoms. The summed E-state index contributed by atoms with van der Waals surface area (Å²) in [5.74, 6) is 0.0734. The first-order valence-corrected chi connectivity index (χ1v) is 10.0. The summed E-state index contributed by atoms with van der Waals surface area (Å²) in [5, 5.41) is 3.08. The number of rotatable bonds is 6. The summed E-state index contributed by atoms with van der Waals surface area (Å²) >= 11 is 5.88. The fourth-order valence-corrected chi connectivity index (χ4v) is 3.33. The lowest BCUT2D eigenvalue weighted by molar-refractivity contribution is -0.113. The van der Waals surface area contributed by atoms with E-state index in [1.165, 1.54) is 19.2 Å². The fourth-order valence-electron chi connectivity index (χ4n) is 3.21. The first kappa shape index (κ1) is 21.4. The number of anilines is 1. The minimum Gasteiger partial charge on any atom is -0.493 e. The molecule has 1 N–H and O–H groups in total. The molecule has 1 saturated heterocycles. The minimum absolute atomic E-state index is 0.125. The summed E-state index contributed by atoms with van der Waals surface area (Å²) in [5.41, 5.74) is 1.85. The summed E-state index contributed by atoms with van der Waals surface area (Å²) in [4.78, 5) is 26.1. The molecule has 8 heteroatoms. The number of hydrogen-bond donors (Lipinski definition) is 1. The summed E-state index contributed by atoms with van der Waals surface area (Å²) < 4.78 is 24.5. The van der Waals surface area contributed by atoms with E-state index in [9.17, 15) is 14.0 Å². The highest BCUT2D eigenvalue weighted by Crippen LogP contribution is 2.30. The predicted molar refractivity (Wildman–Crippen MR) is 119 cm³/mol. The molecular formula is C24H18ClFN2O4. The molecule has 0 saturated carbocycles. The lowest BCUT2D eigenvalue weighted by Gasteiger charge is -2.12. The number of carbonyl (C=O) groups is 2. The van der Waals surface area contributed by atoms with Gasteiger partial charge in [-0.3, -0.25) is 4.79 Å². The maximum Gasteiger partial charge on any atom is 0.333 e. The summed E-state index contributed by atoms with van der Waals surface area (Å²) in [6, 6.07) is 17.1. The molecule has 0 unspecified atom stereocenters. The molecule has 3 aromatic rings. The van der Waals surface area contributed by atoms with Crippen molar-refractivity contribution in [2.75, 3.05) is 12.0 Å². The highest BCUT2D eigenvalue weighted by molar-refractivity contribution is 6.31. The molecule has 6 nitrogen and oxygen atoms in total. The number of halogens is 2. The smallest absolute Gasteiger partial charge is 0.333 e. The SMILES string of the molecule is COc1cc(/C=C2/NC(=O)N(c3ccc(Cl)cc3)C2=O)ccc1OCc1cccc(F)c1. The zero-order valence-corrected chi connectivity index (χ0v) is 17.7. The average Bonchev–Trinajstić information content (AvgIpc) is 3.06. The van der Waals surface area contributed by atoms with Gasteiger partial charge in [0.25, 0.3) is 5.91 Å². The van der Waals surface area contributed by atoms with Crippen molar-refractivity contribution in [3.05, 3.63) is 94.4 Å². The van der Waals surface area contributed by atoms with Gasteiger partial charge >= 0.3 is 6.03 Å². The number of hydrogen-bond acceptors (Lipinski definition) is 4. The second-order valence-electron chi connectivity index (χ2n) is 6.93. The third-order valence-corrected chi connectivity index (χ3v) is 5.00. The number of nitrogens with zero attached hydrogens (tertiary/aromatic N) is 1. The average molecular weight is 453 g/mol. The van der Waals surface area contributed by atoms with E-state index in [0.717, 1.165) is 4.90 Å². The van der Waals surface area contributed by atoms with Crippen LogP contribution in [0.1, 0.15) is 11.1 Å². The Kier molecular flexibility index (Phi) is 6.09. The van der Waals surface area contributed by atoms with Crippen LogP contribution in [-0.4, -0.2) is 19.0 Å². The van der Waals surface area contributed by atoms with E-state index in [1.54, 1.807) is 60.7 Å². The molecule has 0 spiro atoms. The van der Waals surface area contributed by atoms with Crippen LogP contribution in [0.2, 0.25) is 5.02 Å². The monoisotopic (exact) mass is 452 g/mol. The van der Waals surface area contributed by atoms with Gasteiger partial charge in [-0.05, 0) is 65.7 Å². The molecule has 0 atom stereocenters. The Morgan fingerprint density at radius 2 is 1.81 bits per heavy atom. The van der Waals surface area contributed by atoms with Crippen molar-refractivity contribution in [3.8, 4) is 11.5 Å². The van der Waals surface area contributed by atoms with E-state index in [4.69, 9.17) is 21.1 Å². The number of amides is 3. The number of urea groups is 1. The molecule has 1 heterocycles. The number of ether oxygens (including phenoxy) is 2. The Balaban J connectivity index is 1.53. The zero-order chi connectivity index (χ0) is 22.7. The molecule has 3 aromatic carbocycles. The van der Waals surface area contributed by atoms with Gasteiger partial charge in [0.2, 0.25) is 0 Å². The van der Waals surface area contributed by atoms with E-state index in [2.05, 4.69) is 5.32 Å². The second-order valence-corrected chi connectivity index (χ2v) is 7.37. The zero-order valence-electron chi connectivity index (χ0n) is 17.0. The van der Waals surface area contributed by atoms with Gasteiger partial charge in [0.05, 0.1) is 12.8 Å². The topological polar surface area (TPSA) is 67.9 Å². The van der Waals surface area contributed by atoms with Crippen molar-refractivity contribution in [1.82, 2.24) is 5.32 Å². The summed E-state index contributed by atoms with van der Waals surface area (Å²) in [6.45, 7) is 0.166. The van der Waals surface area contributed by atoms with Crippen LogP contribution >= 0.6 is 11.6 Å². The first-order valence-electron chi connectivity index (χ1n) is 9.62. The van der Waals surface area contributed by atoms with Crippen LogP contribution in [0, 0.1) is 5.82 Å². The van der Waals surface area contributed by atoms with Crippen molar-refractivity contribution in [1.29, 1.82) is 0 Å². The van der Waals surface area contributed by atoms with Gasteiger partial charge in [-0.1, -0.05) is 29.8 Å². The third-order valence-electron chi connectivity index (χ3n) is 4.75. The molecule has 0 bridgehead atoms. The van der Waals surface area contributed by atoms with Crippen LogP contribution in [0.4, 0.5) is 14.9 Å². The van der Waals surface area contributed by atoms with E-state index < -0.39 is 11.9 Å². The van der Waals surface area contributed by atoms with Crippen molar-refractivity contribution >= 4 is 35.3 Å². The van der Waals surface area contributed by atoms with Gasteiger partial charge in [0, 0.05) is 5.02 Å². The summed E-state index contributed by atoms with van der Waals surface area (Å²) in [6.07, 6.45) is 1.55. The number of imide groups is 1. The molecule has 1 fully saturated rings. The van der Waals surface area contributed by atoms with Crippen LogP contribution in [0.5, 0.6) is 11.5 Å². The van der Waals surface area contributed by atoms with Gasteiger partial charge in [-0.25, -0.2) is 14.1 Å². The Bertz CT molecular complexity index is 1210. The van der Waals surface area contributed by atoms with Crippen LogP contribution in [-0.2, 0) is 11.4 Å². The van der Waals surface area contributed by atoms with Gasteiger partial charge < -0.3 is 14.8 Å². The standard InChI is InChI=1S/C24H18ClFN2O4/c1-31-22-13-15(5-10-21(22)32-14-16-3-2-4-18(26)11-16)12-20-23(29)28(24(30)27-20)19-8-6-17(25)7-9-19/h2-13H,14H2,1H3,(H,27,30)/b20-12+. The van der Waals surface area contributed by atoms with Gasteiger partial charge in [-0.15, -0.1) is 0 Å². The number of carbonyl (C=O) groups excluding carboxylic acids is 2. The van der Waals surface area contributed by atoms with Crippen LogP contribution < -0.4 is 19.7 Å².